The molecule has 2 aromatic rings. The summed E-state index contributed by atoms with van der Waals surface area (Å²) in [5, 5.41) is 0. The quantitative estimate of drug-likeness (QED) is 0.772. The average Bonchev–Trinajstić information content (AvgIpc) is 2.45. The molecule has 0 aliphatic carbocycles. The standard InChI is InChI=1S/C15H15NO2/c1-2-13-10-16-9-8-14(13)15(17)18-11-12-6-4-3-5-7-12/h3-10H,2,11H2,1H3. The van der Waals surface area contributed by atoms with Crippen molar-refractivity contribution in [2.75, 3.05) is 0 Å². The molecule has 3 nitrogen and oxygen atoms in total. The Morgan fingerprint density at radius 3 is 2.72 bits per heavy atom. The number of aryl methyl sites for hydroxylation is 1. The molecule has 0 saturated carbocycles. The number of hydrogen-bond acceptors (Lipinski definition) is 3. The predicted molar refractivity (Wildman–Crippen MR) is 69.2 cm³/mol. The monoisotopic (exact) mass is 241 g/mol. The summed E-state index contributed by atoms with van der Waals surface area (Å²) in [5.74, 6) is -0.293. The first-order chi connectivity index (χ1) is 8.81. The van der Waals surface area contributed by atoms with E-state index in [1.165, 1.54) is 0 Å². The minimum absolute atomic E-state index is 0.293. The Balaban J connectivity index is 2.04. The lowest BCUT2D eigenvalue weighted by molar-refractivity contribution is 0.0471. The van der Waals surface area contributed by atoms with Gasteiger partial charge in [0.05, 0.1) is 5.56 Å². The molecule has 1 aromatic heterocycles. The lowest BCUT2D eigenvalue weighted by Gasteiger charge is -2.07. The van der Waals surface area contributed by atoms with Gasteiger partial charge in [0.15, 0.2) is 0 Å². The number of carbonyl (C=O) groups is 1. The van der Waals surface area contributed by atoms with Crippen LogP contribution in [-0.4, -0.2) is 11.0 Å². The van der Waals surface area contributed by atoms with Gasteiger partial charge in [0.25, 0.3) is 0 Å². The summed E-state index contributed by atoms with van der Waals surface area (Å²) in [6, 6.07) is 11.3. The first-order valence-electron chi connectivity index (χ1n) is 5.95. The van der Waals surface area contributed by atoms with E-state index < -0.39 is 0 Å². The summed E-state index contributed by atoms with van der Waals surface area (Å²) < 4.78 is 5.29. The second-order valence-electron chi connectivity index (χ2n) is 3.95. The summed E-state index contributed by atoms with van der Waals surface area (Å²) in [4.78, 5) is 16.0. The summed E-state index contributed by atoms with van der Waals surface area (Å²) in [6.45, 7) is 2.29. The Hall–Kier alpha value is -2.16. The molecule has 0 fully saturated rings. The van der Waals surface area contributed by atoms with E-state index in [4.69, 9.17) is 4.74 Å². The number of aromatic nitrogens is 1. The molecule has 18 heavy (non-hydrogen) atoms. The number of ether oxygens (including phenoxy) is 1. The number of rotatable bonds is 4. The maximum absolute atomic E-state index is 11.9. The van der Waals surface area contributed by atoms with E-state index in [1.807, 2.05) is 37.3 Å². The van der Waals surface area contributed by atoms with E-state index in [9.17, 15) is 4.79 Å². The molecule has 92 valence electrons. The topological polar surface area (TPSA) is 39.2 Å². The summed E-state index contributed by atoms with van der Waals surface area (Å²) in [7, 11) is 0. The molecule has 1 heterocycles. The van der Waals surface area contributed by atoms with E-state index in [1.54, 1.807) is 18.5 Å². The highest BCUT2D eigenvalue weighted by atomic mass is 16.5. The van der Waals surface area contributed by atoms with Gasteiger partial charge in [0.1, 0.15) is 6.61 Å². The first kappa shape index (κ1) is 12.3. The Morgan fingerprint density at radius 1 is 1.22 bits per heavy atom. The third-order valence-corrected chi connectivity index (χ3v) is 2.72. The van der Waals surface area contributed by atoms with Crippen molar-refractivity contribution >= 4 is 5.97 Å². The van der Waals surface area contributed by atoms with E-state index >= 15 is 0 Å². The summed E-state index contributed by atoms with van der Waals surface area (Å²) >= 11 is 0. The van der Waals surface area contributed by atoms with Gasteiger partial charge < -0.3 is 4.74 Å². The average molecular weight is 241 g/mol. The van der Waals surface area contributed by atoms with Gasteiger partial charge in [-0.1, -0.05) is 37.3 Å². The van der Waals surface area contributed by atoms with E-state index in [-0.39, 0.29) is 5.97 Å². The normalized spacial score (nSPS) is 10.1. The highest BCUT2D eigenvalue weighted by molar-refractivity contribution is 5.90. The molecule has 0 radical (unpaired) electrons. The van der Waals surface area contributed by atoms with Crippen molar-refractivity contribution in [1.29, 1.82) is 0 Å². The van der Waals surface area contributed by atoms with Crippen LogP contribution in [0.15, 0.2) is 48.8 Å². The zero-order chi connectivity index (χ0) is 12.8. The zero-order valence-electron chi connectivity index (χ0n) is 10.3. The van der Waals surface area contributed by atoms with Gasteiger partial charge >= 0.3 is 5.97 Å². The number of benzene rings is 1. The fraction of sp³-hybridized carbons (Fsp3) is 0.200. The Bertz CT molecular complexity index is 523. The van der Waals surface area contributed by atoms with Crippen LogP contribution in [0.1, 0.15) is 28.4 Å². The predicted octanol–water partition coefficient (Wildman–Crippen LogP) is 3.00. The smallest absolute Gasteiger partial charge is 0.338 e. The molecule has 0 aliphatic rings. The van der Waals surface area contributed by atoms with Gasteiger partial charge in [-0.15, -0.1) is 0 Å². The second-order valence-corrected chi connectivity index (χ2v) is 3.95. The molecule has 0 spiro atoms. The van der Waals surface area contributed by atoms with Crippen molar-refractivity contribution in [2.24, 2.45) is 0 Å². The van der Waals surface area contributed by atoms with Crippen LogP contribution < -0.4 is 0 Å². The molecule has 0 amide bonds. The lowest BCUT2D eigenvalue weighted by atomic mass is 10.1. The number of nitrogens with zero attached hydrogens (tertiary/aromatic N) is 1. The van der Waals surface area contributed by atoms with Crippen molar-refractivity contribution in [3.63, 3.8) is 0 Å². The second kappa shape index (κ2) is 5.96. The van der Waals surface area contributed by atoms with Gasteiger partial charge in [0, 0.05) is 12.4 Å². The Labute approximate surface area is 106 Å². The molecular weight excluding hydrogens is 226 g/mol. The van der Waals surface area contributed by atoms with Crippen LogP contribution in [0.3, 0.4) is 0 Å². The van der Waals surface area contributed by atoms with Crippen LogP contribution in [0.25, 0.3) is 0 Å². The molecule has 3 heteroatoms. The molecule has 0 aliphatic heterocycles. The van der Waals surface area contributed by atoms with E-state index in [0.29, 0.717) is 12.2 Å². The highest BCUT2D eigenvalue weighted by Gasteiger charge is 2.11. The fourth-order valence-electron chi connectivity index (χ4n) is 1.71. The molecule has 0 bridgehead atoms. The Kier molecular flexibility index (Phi) is 4.07. The summed E-state index contributed by atoms with van der Waals surface area (Å²) in [6.07, 6.45) is 4.08. The van der Waals surface area contributed by atoms with Crippen LogP contribution in [0.2, 0.25) is 0 Å². The third kappa shape index (κ3) is 2.94. The van der Waals surface area contributed by atoms with Crippen LogP contribution in [0.4, 0.5) is 0 Å². The number of hydrogen-bond donors (Lipinski definition) is 0. The molecular formula is C15H15NO2. The molecule has 0 unspecified atom stereocenters. The van der Waals surface area contributed by atoms with Gasteiger partial charge in [-0.3, -0.25) is 4.98 Å². The Morgan fingerprint density at radius 2 is 2.00 bits per heavy atom. The lowest BCUT2D eigenvalue weighted by Crippen LogP contribution is -2.08. The zero-order valence-corrected chi connectivity index (χ0v) is 10.3. The van der Waals surface area contributed by atoms with Gasteiger partial charge in [0.2, 0.25) is 0 Å². The fourth-order valence-corrected chi connectivity index (χ4v) is 1.71. The first-order valence-corrected chi connectivity index (χ1v) is 5.95. The minimum atomic E-state index is -0.293. The van der Waals surface area contributed by atoms with Gasteiger partial charge in [-0.25, -0.2) is 4.79 Å². The third-order valence-electron chi connectivity index (χ3n) is 2.72. The van der Waals surface area contributed by atoms with Crippen molar-refractivity contribution in [1.82, 2.24) is 4.98 Å². The van der Waals surface area contributed by atoms with E-state index in [2.05, 4.69) is 4.98 Å². The maximum Gasteiger partial charge on any atom is 0.338 e. The minimum Gasteiger partial charge on any atom is -0.457 e. The molecule has 2 rings (SSSR count). The van der Waals surface area contributed by atoms with Crippen molar-refractivity contribution < 1.29 is 9.53 Å². The summed E-state index contributed by atoms with van der Waals surface area (Å²) in [5.41, 5.74) is 2.50. The van der Waals surface area contributed by atoms with Crippen molar-refractivity contribution in [3.05, 3.63) is 65.5 Å². The molecule has 0 saturated heterocycles. The number of esters is 1. The molecule has 0 N–H and O–H groups in total. The number of pyridine rings is 1. The van der Waals surface area contributed by atoms with Crippen LogP contribution in [0.5, 0.6) is 0 Å². The van der Waals surface area contributed by atoms with Crippen molar-refractivity contribution in [2.45, 2.75) is 20.0 Å². The molecule has 1 aromatic carbocycles. The number of carbonyl (C=O) groups excluding carboxylic acids is 1. The largest absolute Gasteiger partial charge is 0.457 e. The molecule has 0 atom stereocenters. The van der Waals surface area contributed by atoms with Crippen LogP contribution >= 0.6 is 0 Å². The van der Waals surface area contributed by atoms with Gasteiger partial charge in [-0.05, 0) is 23.6 Å². The van der Waals surface area contributed by atoms with Crippen molar-refractivity contribution in [3.8, 4) is 0 Å². The highest BCUT2D eigenvalue weighted by Crippen LogP contribution is 2.11. The van der Waals surface area contributed by atoms with Crippen LogP contribution in [-0.2, 0) is 17.8 Å². The maximum atomic E-state index is 11.9. The van der Waals surface area contributed by atoms with Gasteiger partial charge in [-0.2, -0.15) is 0 Å². The van der Waals surface area contributed by atoms with E-state index in [0.717, 1.165) is 17.5 Å². The SMILES string of the molecule is CCc1cnccc1C(=O)OCc1ccccc1. The van der Waals surface area contributed by atoms with Crippen LogP contribution in [0, 0.1) is 0 Å².